The summed E-state index contributed by atoms with van der Waals surface area (Å²) in [5.74, 6) is -0.154. The summed E-state index contributed by atoms with van der Waals surface area (Å²) in [7, 11) is 3.43. The van der Waals surface area contributed by atoms with Gasteiger partial charge in [0.05, 0.1) is 23.7 Å². The van der Waals surface area contributed by atoms with Gasteiger partial charge in [0.15, 0.2) is 5.76 Å². The van der Waals surface area contributed by atoms with Gasteiger partial charge in [-0.2, -0.15) is 0 Å². The monoisotopic (exact) mass is 431 g/mol. The Labute approximate surface area is 186 Å². The van der Waals surface area contributed by atoms with Crippen LogP contribution in [0.1, 0.15) is 34.8 Å². The SMILES string of the molecule is CC(=O)N1c2ccc(-c3ccc(C(=O)N(C)C)cc3)cc2N(C(=O)c2ccco2)CC1C. The van der Waals surface area contributed by atoms with Crippen molar-refractivity contribution in [2.24, 2.45) is 0 Å². The molecule has 7 nitrogen and oxygen atoms in total. The quantitative estimate of drug-likeness (QED) is 0.627. The number of fused-ring (bicyclic) bond motifs is 1. The van der Waals surface area contributed by atoms with E-state index in [1.807, 2.05) is 37.3 Å². The Bertz CT molecular complexity index is 1170. The summed E-state index contributed by atoms with van der Waals surface area (Å²) in [5.41, 5.74) is 3.71. The third-order valence-electron chi connectivity index (χ3n) is 5.60. The first-order chi connectivity index (χ1) is 15.3. The van der Waals surface area contributed by atoms with E-state index in [-0.39, 0.29) is 29.5 Å². The van der Waals surface area contributed by atoms with Crippen LogP contribution in [0.4, 0.5) is 11.4 Å². The van der Waals surface area contributed by atoms with E-state index < -0.39 is 0 Å². The topological polar surface area (TPSA) is 74.1 Å². The van der Waals surface area contributed by atoms with E-state index in [1.165, 1.54) is 18.1 Å². The third-order valence-corrected chi connectivity index (χ3v) is 5.60. The molecule has 1 unspecified atom stereocenters. The number of carbonyl (C=O) groups is 3. The highest BCUT2D eigenvalue weighted by atomic mass is 16.3. The Balaban J connectivity index is 1.77. The molecule has 1 aliphatic heterocycles. The number of amides is 3. The zero-order chi connectivity index (χ0) is 23.0. The van der Waals surface area contributed by atoms with Gasteiger partial charge in [0.25, 0.3) is 11.8 Å². The lowest BCUT2D eigenvalue weighted by molar-refractivity contribution is -0.117. The van der Waals surface area contributed by atoms with Crippen molar-refractivity contribution in [1.29, 1.82) is 0 Å². The Kier molecular flexibility index (Phi) is 5.57. The molecule has 1 atom stereocenters. The van der Waals surface area contributed by atoms with E-state index in [0.717, 1.165) is 11.1 Å². The maximum atomic E-state index is 13.2. The first-order valence-corrected chi connectivity index (χ1v) is 10.4. The van der Waals surface area contributed by atoms with Crippen molar-refractivity contribution in [2.75, 3.05) is 30.4 Å². The van der Waals surface area contributed by atoms with Gasteiger partial charge in [-0.25, -0.2) is 0 Å². The third kappa shape index (κ3) is 3.77. The van der Waals surface area contributed by atoms with E-state index in [4.69, 9.17) is 4.42 Å². The minimum Gasteiger partial charge on any atom is -0.459 e. The summed E-state index contributed by atoms with van der Waals surface area (Å²) in [5, 5.41) is 0. The Morgan fingerprint density at radius 3 is 2.25 bits per heavy atom. The lowest BCUT2D eigenvalue weighted by Gasteiger charge is -2.40. The van der Waals surface area contributed by atoms with Crippen LogP contribution in [0.15, 0.2) is 65.3 Å². The molecule has 0 spiro atoms. The molecule has 0 saturated carbocycles. The number of furan rings is 1. The standard InChI is InChI=1S/C25H25N3O4/c1-16-15-27(25(31)23-6-5-13-32-23)22-14-20(11-12-21(22)28(16)17(2)29)18-7-9-19(10-8-18)24(30)26(3)4/h5-14,16H,15H2,1-4H3. The summed E-state index contributed by atoms with van der Waals surface area (Å²) >= 11 is 0. The van der Waals surface area contributed by atoms with Crippen LogP contribution >= 0.6 is 0 Å². The Morgan fingerprint density at radius 2 is 1.66 bits per heavy atom. The van der Waals surface area contributed by atoms with Crippen LogP contribution in [0.25, 0.3) is 11.1 Å². The van der Waals surface area contributed by atoms with E-state index in [1.54, 1.807) is 48.2 Å². The second kappa shape index (κ2) is 8.34. The molecule has 3 aromatic rings. The van der Waals surface area contributed by atoms with Crippen LogP contribution in [0.2, 0.25) is 0 Å². The first-order valence-electron chi connectivity index (χ1n) is 10.4. The predicted molar refractivity (Wildman–Crippen MR) is 123 cm³/mol. The number of nitrogens with zero attached hydrogens (tertiary/aromatic N) is 3. The van der Waals surface area contributed by atoms with Gasteiger partial charge < -0.3 is 19.1 Å². The van der Waals surface area contributed by atoms with E-state index in [2.05, 4.69) is 0 Å². The highest BCUT2D eigenvalue weighted by Crippen LogP contribution is 2.39. The van der Waals surface area contributed by atoms with Gasteiger partial charge in [-0.1, -0.05) is 18.2 Å². The molecule has 0 saturated heterocycles. The normalized spacial score (nSPS) is 15.3. The zero-order valence-corrected chi connectivity index (χ0v) is 18.5. The largest absolute Gasteiger partial charge is 0.459 e. The average Bonchev–Trinajstić information content (AvgIpc) is 3.32. The molecule has 0 fully saturated rings. The maximum Gasteiger partial charge on any atom is 0.294 e. The molecule has 7 heteroatoms. The zero-order valence-electron chi connectivity index (χ0n) is 18.5. The molecule has 0 bridgehead atoms. The van der Waals surface area contributed by atoms with Gasteiger partial charge in [0, 0.05) is 33.1 Å². The molecule has 0 radical (unpaired) electrons. The smallest absolute Gasteiger partial charge is 0.294 e. The van der Waals surface area contributed by atoms with E-state index in [0.29, 0.717) is 23.5 Å². The fourth-order valence-corrected chi connectivity index (χ4v) is 4.07. The molecule has 0 N–H and O–H groups in total. The summed E-state index contributed by atoms with van der Waals surface area (Å²) in [6.45, 7) is 3.80. The molecule has 3 amide bonds. The number of hydrogen-bond donors (Lipinski definition) is 0. The molecule has 2 aromatic carbocycles. The average molecular weight is 431 g/mol. The minimum absolute atomic E-state index is 0.0664. The fraction of sp³-hybridized carbons (Fsp3) is 0.240. The lowest BCUT2D eigenvalue weighted by atomic mass is 9.99. The molecule has 164 valence electrons. The Hall–Kier alpha value is -3.87. The second-order valence-corrected chi connectivity index (χ2v) is 8.11. The van der Waals surface area contributed by atoms with E-state index in [9.17, 15) is 14.4 Å². The van der Waals surface area contributed by atoms with Crippen LogP contribution in [0, 0.1) is 0 Å². The first kappa shape index (κ1) is 21.4. The molecule has 1 aliphatic rings. The number of anilines is 2. The molecular formula is C25H25N3O4. The van der Waals surface area contributed by atoms with Gasteiger partial charge in [0.1, 0.15) is 0 Å². The maximum absolute atomic E-state index is 13.2. The molecule has 2 heterocycles. The van der Waals surface area contributed by atoms with Crippen molar-refractivity contribution in [3.63, 3.8) is 0 Å². The summed E-state index contributed by atoms with van der Waals surface area (Å²) in [6, 6.07) is 16.1. The summed E-state index contributed by atoms with van der Waals surface area (Å²) in [4.78, 5) is 42.6. The van der Waals surface area contributed by atoms with Crippen molar-refractivity contribution in [1.82, 2.24) is 4.90 Å². The number of rotatable bonds is 3. The van der Waals surface area contributed by atoms with Crippen LogP contribution in [-0.2, 0) is 4.79 Å². The minimum atomic E-state index is -0.254. The van der Waals surface area contributed by atoms with Crippen molar-refractivity contribution >= 4 is 29.1 Å². The van der Waals surface area contributed by atoms with E-state index >= 15 is 0 Å². The highest BCUT2D eigenvalue weighted by Gasteiger charge is 2.35. The molecule has 32 heavy (non-hydrogen) atoms. The predicted octanol–water partition coefficient (Wildman–Crippen LogP) is 4.05. The van der Waals surface area contributed by atoms with Gasteiger partial charge in [-0.05, 0) is 54.4 Å². The number of carbonyl (C=O) groups excluding carboxylic acids is 3. The number of hydrogen-bond acceptors (Lipinski definition) is 4. The second-order valence-electron chi connectivity index (χ2n) is 8.11. The van der Waals surface area contributed by atoms with Gasteiger partial charge in [-0.15, -0.1) is 0 Å². The highest BCUT2D eigenvalue weighted by molar-refractivity contribution is 6.10. The lowest BCUT2D eigenvalue weighted by Crippen LogP contribution is -2.51. The van der Waals surface area contributed by atoms with Crippen molar-refractivity contribution in [3.05, 3.63) is 72.2 Å². The summed E-state index contributed by atoms with van der Waals surface area (Å²) < 4.78 is 5.34. The molecule has 0 aliphatic carbocycles. The summed E-state index contributed by atoms with van der Waals surface area (Å²) in [6.07, 6.45) is 1.47. The van der Waals surface area contributed by atoms with Gasteiger partial charge >= 0.3 is 0 Å². The molecular weight excluding hydrogens is 406 g/mol. The van der Waals surface area contributed by atoms with Crippen molar-refractivity contribution in [3.8, 4) is 11.1 Å². The van der Waals surface area contributed by atoms with Crippen molar-refractivity contribution < 1.29 is 18.8 Å². The van der Waals surface area contributed by atoms with Crippen LogP contribution in [0.3, 0.4) is 0 Å². The van der Waals surface area contributed by atoms with Crippen LogP contribution in [-0.4, -0.2) is 49.3 Å². The van der Waals surface area contributed by atoms with Crippen LogP contribution in [0.5, 0.6) is 0 Å². The molecule has 4 rings (SSSR count). The van der Waals surface area contributed by atoms with Crippen LogP contribution < -0.4 is 9.80 Å². The van der Waals surface area contributed by atoms with Gasteiger partial charge in [-0.3, -0.25) is 14.4 Å². The van der Waals surface area contributed by atoms with Gasteiger partial charge in [0.2, 0.25) is 5.91 Å². The number of benzene rings is 2. The van der Waals surface area contributed by atoms with Crippen molar-refractivity contribution in [2.45, 2.75) is 19.9 Å². The molecule has 1 aromatic heterocycles. The Morgan fingerprint density at radius 1 is 0.969 bits per heavy atom. The fourth-order valence-electron chi connectivity index (χ4n) is 4.07.